The van der Waals surface area contributed by atoms with Crippen LogP contribution in [0.25, 0.3) is 11.3 Å². The molecular weight excluding hydrogens is 489 g/mol. The zero-order chi connectivity index (χ0) is 26.6. The van der Waals surface area contributed by atoms with Gasteiger partial charge in [0.15, 0.2) is 17.3 Å². The molecule has 10 heteroatoms. The van der Waals surface area contributed by atoms with Crippen LogP contribution >= 0.6 is 0 Å². The molecule has 1 saturated carbocycles. The zero-order valence-electron chi connectivity index (χ0n) is 21.5. The number of methoxy groups -OCH3 is 2. The maximum absolute atomic E-state index is 13.3. The highest BCUT2D eigenvalue weighted by atomic mass is 19.1. The van der Waals surface area contributed by atoms with E-state index in [0.717, 1.165) is 29.9 Å². The Morgan fingerprint density at radius 1 is 0.921 bits per heavy atom. The molecule has 198 valence electrons. The minimum Gasteiger partial charge on any atom is -0.493 e. The number of anilines is 1. The summed E-state index contributed by atoms with van der Waals surface area (Å²) in [6.45, 7) is 2.32. The van der Waals surface area contributed by atoms with Gasteiger partial charge in [-0.05, 0) is 67.4 Å². The second kappa shape index (κ2) is 11.0. The van der Waals surface area contributed by atoms with E-state index in [2.05, 4.69) is 15.1 Å². The van der Waals surface area contributed by atoms with E-state index in [4.69, 9.17) is 9.47 Å². The Bertz CT molecular complexity index is 1290. The molecule has 2 aliphatic rings. The van der Waals surface area contributed by atoms with Gasteiger partial charge < -0.3 is 24.2 Å². The summed E-state index contributed by atoms with van der Waals surface area (Å²) in [5.41, 5.74) is 1.98. The lowest BCUT2D eigenvalue weighted by Gasteiger charge is -2.36. The molecule has 0 atom stereocenters. The van der Waals surface area contributed by atoms with Crippen LogP contribution in [0.4, 0.5) is 10.2 Å². The molecule has 0 bridgehead atoms. The average molecular weight is 520 g/mol. The number of carbonyl (C=O) groups excluding carboxylic acids is 2. The monoisotopic (exact) mass is 519 g/mol. The van der Waals surface area contributed by atoms with Crippen molar-refractivity contribution in [2.75, 3.05) is 51.8 Å². The first-order valence-electron chi connectivity index (χ1n) is 12.6. The molecule has 2 amide bonds. The van der Waals surface area contributed by atoms with Gasteiger partial charge in [-0.25, -0.2) is 4.39 Å². The van der Waals surface area contributed by atoms with Gasteiger partial charge in [0, 0.05) is 43.3 Å². The second-order valence-corrected chi connectivity index (χ2v) is 9.39. The predicted molar refractivity (Wildman–Crippen MR) is 140 cm³/mol. The van der Waals surface area contributed by atoms with Crippen molar-refractivity contribution >= 4 is 17.6 Å². The Hall–Kier alpha value is -4.21. The van der Waals surface area contributed by atoms with Crippen LogP contribution in [-0.4, -0.2) is 84.8 Å². The molecule has 0 radical (unpaired) electrons. The van der Waals surface area contributed by atoms with E-state index in [1.54, 1.807) is 24.0 Å². The molecular formula is C28H30FN5O4. The van der Waals surface area contributed by atoms with Gasteiger partial charge in [0.05, 0.1) is 19.9 Å². The first-order valence-corrected chi connectivity index (χ1v) is 12.6. The molecule has 9 nitrogen and oxygen atoms in total. The van der Waals surface area contributed by atoms with Crippen molar-refractivity contribution in [3.8, 4) is 22.8 Å². The van der Waals surface area contributed by atoms with Crippen LogP contribution in [0.1, 0.15) is 23.2 Å². The number of nitrogens with zero attached hydrogens (tertiary/aromatic N) is 5. The number of piperazine rings is 1. The molecule has 3 aromatic rings. The van der Waals surface area contributed by atoms with Crippen LogP contribution in [0, 0.1) is 5.82 Å². The summed E-state index contributed by atoms with van der Waals surface area (Å²) in [5.74, 6) is 1.30. The van der Waals surface area contributed by atoms with Gasteiger partial charge in [0.25, 0.3) is 5.91 Å². The van der Waals surface area contributed by atoms with Crippen molar-refractivity contribution in [2.24, 2.45) is 0 Å². The fraction of sp³-hybridized carbons (Fsp3) is 0.357. The van der Waals surface area contributed by atoms with Gasteiger partial charge in [0.1, 0.15) is 12.4 Å². The molecule has 5 rings (SSSR count). The van der Waals surface area contributed by atoms with Crippen LogP contribution in [0.5, 0.6) is 11.5 Å². The van der Waals surface area contributed by atoms with E-state index in [-0.39, 0.29) is 24.4 Å². The molecule has 2 fully saturated rings. The minimum absolute atomic E-state index is 0.0285. The van der Waals surface area contributed by atoms with E-state index in [1.165, 1.54) is 24.3 Å². The molecule has 2 aromatic carbocycles. The second-order valence-electron chi connectivity index (χ2n) is 9.39. The lowest BCUT2D eigenvalue weighted by molar-refractivity contribution is -0.132. The fourth-order valence-corrected chi connectivity index (χ4v) is 4.59. The van der Waals surface area contributed by atoms with Gasteiger partial charge >= 0.3 is 0 Å². The third-order valence-corrected chi connectivity index (χ3v) is 6.93. The predicted octanol–water partition coefficient (Wildman–Crippen LogP) is 3.25. The molecule has 38 heavy (non-hydrogen) atoms. The quantitative estimate of drug-likeness (QED) is 0.452. The number of hydrogen-bond acceptors (Lipinski definition) is 7. The normalized spacial score (nSPS) is 15.2. The highest BCUT2D eigenvalue weighted by Crippen LogP contribution is 2.32. The highest BCUT2D eigenvalue weighted by Gasteiger charge is 2.35. The van der Waals surface area contributed by atoms with E-state index >= 15 is 0 Å². The van der Waals surface area contributed by atoms with Gasteiger partial charge in [-0.3, -0.25) is 9.59 Å². The van der Waals surface area contributed by atoms with Crippen LogP contribution < -0.4 is 14.4 Å². The molecule has 1 aliphatic carbocycles. The molecule has 0 N–H and O–H groups in total. The van der Waals surface area contributed by atoms with Gasteiger partial charge in [0.2, 0.25) is 5.91 Å². The first kappa shape index (κ1) is 25.4. The Morgan fingerprint density at radius 2 is 1.63 bits per heavy atom. The summed E-state index contributed by atoms with van der Waals surface area (Å²) >= 11 is 0. The van der Waals surface area contributed by atoms with Gasteiger partial charge in [-0.15, -0.1) is 10.2 Å². The maximum atomic E-state index is 13.3. The topological polar surface area (TPSA) is 88.1 Å². The number of benzene rings is 2. The molecule has 1 aliphatic heterocycles. The van der Waals surface area contributed by atoms with Crippen molar-refractivity contribution in [1.82, 2.24) is 20.0 Å². The standard InChI is InChI=1S/C28H30FN5O4/c1-37-24-11-5-20(17-25(24)38-2)23-10-12-26(31-30-23)32-13-15-33(16-14-32)27(35)18-34(22-8-9-22)28(36)19-3-6-21(29)7-4-19/h3-7,10-12,17,22H,8-9,13-16,18H2,1-2H3. The third-order valence-electron chi connectivity index (χ3n) is 6.93. The smallest absolute Gasteiger partial charge is 0.254 e. The largest absolute Gasteiger partial charge is 0.493 e. The van der Waals surface area contributed by atoms with E-state index in [0.29, 0.717) is 43.2 Å². The molecule has 1 saturated heterocycles. The Balaban J connectivity index is 1.18. The van der Waals surface area contributed by atoms with E-state index in [9.17, 15) is 14.0 Å². The summed E-state index contributed by atoms with van der Waals surface area (Å²) in [6, 6.07) is 15.0. The first-order chi connectivity index (χ1) is 18.5. The van der Waals surface area contributed by atoms with Crippen molar-refractivity contribution < 1.29 is 23.5 Å². The number of rotatable bonds is 8. The number of hydrogen-bond donors (Lipinski definition) is 0. The molecule has 2 heterocycles. The number of ether oxygens (including phenoxy) is 2. The average Bonchev–Trinajstić information content (AvgIpc) is 3.81. The van der Waals surface area contributed by atoms with Crippen LogP contribution in [0.3, 0.4) is 0 Å². The number of carbonyl (C=O) groups is 2. The summed E-state index contributed by atoms with van der Waals surface area (Å²) < 4.78 is 23.9. The highest BCUT2D eigenvalue weighted by molar-refractivity contribution is 5.97. The SMILES string of the molecule is COc1ccc(-c2ccc(N3CCN(C(=O)CN(C(=O)c4ccc(F)cc4)C4CC4)CC3)nn2)cc1OC. The van der Waals surface area contributed by atoms with Crippen molar-refractivity contribution in [1.29, 1.82) is 0 Å². The number of aromatic nitrogens is 2. The Morgan fingerprint density at radius 3 is 2.24 bits per heavy atom. The van der Waals surface area contributed by atoms with Gasteiger partial charge in [-0.1, -0.05) is 0 Å². The minimum atomic E-state index is -0.395. The van der Waals surface area contributed by atoms with Crippen molar-refractivity contribution in [3.63, 3.8) is 0 Å². The molecule has 0 unspecified atom stereocenters. The fourth-order valence-electron chi connectivity index (χ4n) is 4.59. The zero-order valence-corrected chi connectivity index (χ0v) is 21.5. The van der Waals surface area contributed by atoms with Crippen LogP contribution in [-0.2, 0) is 4.79 Å². The van der Waals surface area contributed by atoms with Crippen LogP contribution in [0.15, 0.2) is 54.6 Å². The summed E-state index contributed by atoms with van der Waals surface area (Å²) in [7, 11) is 3.18. The maximum Gasteiger partial charge on any atom is 0.254 e. The van der Waals surface area contributed by atoms with Crippen LogP contribution in [0.2, 0.25) is 0 Å². The van der Waals surface area contributed by atoms with E-state index in [1.807, 2.05) is 30.3 Å². The number of amides is 2. The van der Waals surface area contributed by atoms with E-state index < -0.39 is 5.82 Å². The summed E-state index contributed by atoms with van der Waals surface area (Å²) in [6.07, 6.45) is 1.76. The lowest BCUT2D eigenvalue weighted by Crippen LogP contribution is -2.52. The Labute approximate surface area is 220 Å². The van der Waals surface area contributed by atoms with Crippen molar-refractivity contribution in [2.45, 2.75) is 18.9 Å². The number of halogens is 1. The lowest BCUT2D eigenvalue weighted by atomic mass is 10.1. The molecule has 1 aromatic heterocycles. The summed E-state index contributed by atoms with van der Waals surface area (Å²) in [4.78, 5) is 31.6. The Kier molecular flexibility index (Phi) is 7.39. The summed E-state index contributed by atoms with van der Waals surface area (Å²) in [5, 5.41) is 8.80. The van der Waals surface area contributed by atoms with Crippen molar-refractivity contribution in [3.05, 3.63) is 66.0 Å². The molecule has 0 spiro atoms. The van der Waals surface area contributed by atoms with Gasteiger partial charge in [-0.2, -0.15) is 0 Å². The third kappa shape index (κ3) is 5.53.